The molecular weight excluding hydrogens is 304 g/mol. The minimum atomic E-state index is -0.754. The number of carbonyl (C=O) groups excluding carboxylic acids is 1. The molecule has 0 atom stereocenters. The highest BCUT2D eigenvalue weighted by Gasteiger charge is 2.22. The van der Waals surface area contributed by atoms with E-state index in [2.05, 4.69) is 15.5 Å². The smallest absolute Gasteiger partial charge is 0.340 e. The van der Waals surface area contributed by atoms with E-state index in [0.717, 1.165) is 0 Å². The fraction of sp³-hybridized carbons (Fsp3) is 0.125. The van der Waals surface area contributed by atoms with Crippen molar-refractivity contribution in [1.82, 2.24) is 10.2 Å². The summed E-state index contributed by atoms with van der Waals surface area (Å²) in [5, 5.41) is 9.62. The topological polar surface area (TPSA) is 67.0 Å². The number of aromatic amines is 1. The van der Waals surface area contributed by atoms with Gasteiger partial charge >= 0.3 is 5.97 Å². The largest absolute Gasteiger partial charge is 0.465 e. The van der Waals surface area contributed by atoms with Gasteiger partial charge in [0.1, 0.15) is 11.3 Å². The maximum Gasteiger partial charge on any atom is 0.340 e. The van der Waals surface area contributed by atoms with Crippen LogP contribution >= 0.6 is 0 Å². The van der Waals surface area contributed by atoms with Crippen molar-refractivity contribution in [3.05, 3.63) is 53.2 Å². The summed E-state index contributed by atoms with van der Waals surface area (Å²) in [6.45, 7) is 1.71. The van der Waals surface area contributed by atoms with Crippen LogP contribution in [-0.4, -0.2) is 23.3 Å². The first-order valence-corrected chi connectivity index (χ1v) is 6.80. The molecule has 5 nitrogen and oxygen atoms in total. The molecule has 2 N–H and O–H groups in total. The normalized spacial score (nSPS) is 10.8. The van der Waals surface area contributed by atoms with E-state index in [1.165, 1.54) is 31.4 Å². The van der Waals surface area contributed by atoms with Gasteiger partial charge in [-0.15, -0.1) is 0 Å². The Bertz CT molecular complexity index is 906. The third kappa shape index (κ3) is 2.50. The van der Waals surface area contributed by atoms with Crippen molar-refractivity contribution in [2.45, 2.75) is 6.92 Å². The maximum absolute atomic E-state index is 14.8. The molecule has 7 heteroatoms. The van der Waals surface area contributed by atoms with E-state index in [-0.39, 0.29) is 22.5 Å². The first-order valence-electron chi connectivity index (χ1n) is 6.80. The van der Waals surface area contributed by atoms with Crippen molar-refractivity contribution in [2.75, 3.05) is 12.4 Å². The molecule has 0 amide bonds. The van der Waals surface area contributed by atoms with Crippen molar-refractivity contribution in [3.8, 4) is 0 Å². The van der Waals surface area contributed by atoms with Crippen LogP contribution in [0.1, 0.15) is 16.1 Å². The summed E-state index contributed by atoms with van der Waals surface area (Å²) in [5.41, 5.74) is 0.504. The summed E-state index contributed by atoms with van der Waals surface area (Å²) in [7, 11) is 1.19. The number of aryl methyl sites for hydroxylation is 1. The first-order chi connectivity index (χ1) is 11.0. The van der Waals surface area contributed by atoms with Gasteiger partial charge in [0, 0.05) is 11.1 Å². The molecule has 3 aromatic rings. The summed E-state index contributed by atoms with van der Waals surface area (Å²) in [6.07, 6.45) is 0. The number of hydrogen-bond acceptors (Lipinski definition) is 4. The van der Waals surface area contributed by atoms with E-state index < -0.39 is 17.6 Å². The Morgan fingerprint density at radius 1 is 1.30 bits per heavy atom. The second-order valence-electron chi connectivity index (χ2n) is 4.95. The van der Waals surface area contributed by atoms with Gasteiger partial charge in [0.2, 0.25) is 0 Å². The minimum absolute atomic E-state index is 0.0368. The van der Waals surface area contributed by atoms with Crippen LogP contribution in [0.2, 0.25) is 0 Å². The molecule has 0 saturated heterocycles. The van der Waals surface area contributed by atoms with Crippen molar-refractivity contribution < 1.29 is 18.3 Å². The highest BCUT2D eigenvalue weighted by molar-refractivity contribution is 6.02. The average molecular weight is 317 g/mol. The minimum Gasteiger partial charge on any atom is -0.465 e. The Kier molecular flexibility index (Phi) is 3.69. The summed E-state index contributed by atoms with van der Waals surface area (Å²) in [6, 6.07) is 7.24. The van der Waals surface area contributed by atoms with Crippen LogP contribution in [-0.2, 0) is 4.74 Å². The molecule has 1 heterocycles. The molecule has 3 rings (SSSR count). The second-order valence-corrected chi connectivity index (χ2v) is 4.95. The highest BCUT2D eigenvalue weighted by Crippen LogP contribution is 2.32. The zero-order chi connectivity index (χ0) is 16.6. The SMILES string of the molecule is COC(=O)c1cc2c(C)[nH]nc2c(F)c1Nc1ccccc1F. The van der Waals surface area contributed by atoms with Crippen LogP contribution in [0.4, 0.5) is 20.2 Å². The molecule has 23 heavy (non-hydrogen) atoms. The van der Waals surface area contributed by atoms with Crippen LogP contribution < -0.4 is 5.32 Å². The van der Waals surface area contributed by atoms with Gasteiger partial charge in [0.05, 0.1) is 24.0 Å². The molecule has 0 saturated carbocycles. The summed E-state index contributed by atoms with van der Waals surface area (Å²) < 4.78 is 33.3. The number of para-hydroxylation sites is 1. The summed E-state index contributed by atoms with van der Waals surface area (Å²) >= 11 is 0. The fourth-order valence-electron chi connectivity index (χ4n) is 2.33. The number of fused-ring (bicyclic) bond motifs is 1. The number of nitrogens with zero attached hydrogens (tertiary/aromatic N) is 1. The monoisotopic (exact) mass is 317 g/mol. The van der Waals surface area contributed by atoms with E-state index >= 15 is 0 Å². The van der Waals surface area contributed by atoms with Crippen molar-refractivity contribution in [2.24, 2.45) is 0 Å². The molecule has 0 unspecified atom stereocenters. The maximum atomic E-state index is 14.8. The Labute approximate surface area is 130 Å². The molecular formula is C16H13F2N3O2. The molecule has 2 aromatic carbocycles. The summed E-state index contributed by atoms with van der Waals surface area (Å²) in [5.74, 6) is -2.05. The van der Waals surface area contributed by atoms with Crippen molar-refractivity contribution in [3.63, 3.8) is 0 Å². The molecule has 0 aliphatic rings. The molecule has 0 bridgehead atoms. The first kappa shape index (κ1) is 15.0. The number of esters is 1. The van der Waals surface area contributed by atoms with Crippen molar-refractivity contribution in [1.29, 1.82) is 0 Å². The second kappa shape index (κ2) is 5.68. The number of carbonyl (C=O) groups is 1. The van der Waals surface area contributed by atoms with E-state index in [1.807, 2.05) is 0 Å². The highest BCUT2D eigenvalue weighted by atomic mass is 19.1. The van der Waals surface area contributed by atoms with E-state index in [9.17, 15) is 13.6 Å². The number of anilines is 2. The number of nitrogens with one attached hydrogen (secondary N) is 2. The Hall–Kier alpha value is -2.96. The lowest BCUT2D eigenvalue weighted by Crippen LogP contribution is -2.08. The Morgan fingerprint density at radius 2 is 2.04 bits per heavy atom. The molecule has 118 valence electrons. The fourth-order valence-corrected chi connectivity index (χ4v) is 2.33. The molecule has 1 aromatic heterocycles. The van der Waals surface area contributed by atoms with E-state index in [0.29, 0.717) is 11.1 Å². The van der Waals surface area contributed by atoms with Gasteiger partial charge in [0.15, 0.2) is 5.82 Å². The van der Waals surface area contributed by atoms with Gasteiger partial charge in [-0.1, -0.05) is 12.1 Å². The van der Waals surface area contributed by atoms with Gasteiger partial charge in [-0.2, -0.15) is 5.10 Å². The lowest BCUT2D eigenvalue weighted by atomic mass is 10.1. The van der Waals surface area contributed by atoms with E-state index in [4.69, 9.17) is 4.74 Å². The van der Waals surface area contributed by atoms with Gasteiger partial charge in [-0.25, -0.2) is 13.6 Å². The van der Waals surface area contributed by atoms with Gasteiger partial charge in [0.25, 0.3) is 0 Å². The zero-order valence-electron chi connectivity index (χ0n) is 12.4. The average Bonchev–Trinajstić information content (AvgIpc) is 2.92. The Morgan fingerprint density at radius 3 is 2.74 bits per heavy atom. The number of benzene rings is 2. The number of H-pyrrole nitrogens is 1. The van der Waals surface area contributed by atoms with Crippen LogP contribution in [0.25, 0.3) is 10.9 Å². The predicted molar refractivity (Wildman–Crippen MR) is 81.8 cm³/mol. The number of methoxy groups -OCH3 is 1. The lowest BCUT2D eigenvalue weighted by Gasteiger charge is -2.13. The lowest BCUT2D eigenvalue weighted by molar-refractivity contribution is 0.0601. The van der Waals surface area contributed by atoms with Crippen LogP contribution in [0.3, 0.4) is 0 Å². The molecule has 0 aliphatic carbocycles. The molecule has 0 spiro atoms. The van der Waals surface area contributed by atoms with Crippen LogP contribution in [0, 0.1) is 18.6 Å². The van der Waals surface area contributed by atoms with Crippen molar-refractivity contribution >= 4 is 28.2 Å². The third-order valence-corrected chi connectivity index (χ3v) is 3.52. The zero-order valence-corrected chi connectivity index (χ0v) is 12.4. The van der Waals surface area contributed by atoms with Crippen LogP contribution in [0.5, 0.6) is 0 Å². The molecule has 0 aliphatic heterocycles. The number of aromatic nitrogens is 2. The van der Waals surface area contributed by atoms with E-state index in [1.54, 1.807) is 13.0 Å². The number of rotatable bonds is 3. The quantitative estimate of drug-likeness (QED) is 0.723. The summed E-state index contributed by atoms with van der Waals surface area (Å²) in [4.78, 5) is 12.0. The van der Waals surface area contributed by atoms with Gasteiger partial charge in [-0.05, 0) is 25.1 Å². The standard InChI is InChI=1S/C16H13F2N3O2/c1-8-9-7-10(16(22)23-2)14(13(18)15(9)21-20-8)19-12-6-4-3-5-11(12)17/h3-7,19H,1-2H3,(H,20,21). The van der Waals surface area contributed by atoms with Gasteiger partial charge in [-0.3, -0.25) is 5.10 Å². The third-order valence-electron chi connectivity index (χ3n) is 3.52. The molecule has 0 fully saturated rings. The predicted octanol–water partition coefficient (Wildman–Crippen LogP) is 3.68. The Balaban J connectivity index is 2.23. The number of hydrogen-bond donors (Lipinski definition) is 2. The van der Waals surface area contributed by atoms with Crippen LogP contribution in [0.15, 0.2) is 30.3 Å². The number of ether oxygens (including phenoxy) is 1. The van der Waals surface area contributed by atoms with Gasteiger partial charge < -0.3 is 10.1 Å². The number of halogens is 2. The molecule has 0 radical (unpaired) electrons.